The van der Waals surface area contributed by atoms with E-state index in [0.29, 0.717) is 11.3 Å². The van der Waals surface area contributed by atoms with Crippen molar-refractivity contribution in [3.05, 3.63) is 66.7 Å². The van der Waals surface area contributed by atoms with Gasteiger partial charge in [-0.25, -0.2) is 4.79 Å². The fourth-order valence-electron chi connectivity index (χ4n) is 1.98. The van der Waals surface area contributed by atoms with Crippen LogP contribution in [-0.4, -0.2) is 19.2 Å². The maximum atomic E-state index is 11.5. The topological polar surface area (TPSA) is 35.5 Å². The number of hydrogen-bond donors (Lipinski definition) is 0. The third kappa shape index (κ3) is 3.51. The van der Waals surface area contributed by atoms with Crippen molar-refractivity contribution in [1.82, 2.24) is 0 Å². The molecule has 3 nitrogen and oxygen atoms in total. The molecule has 1 unspecified atom stereocenters. The molecule has 0 saturated heterocycles. The molecule has 0 N–H and O–H groups in total. The largest absolute Gasteiger partial charge is 0.485 e. The average Bonchev–Trinajstić information content (AvgIpc) is 2.54. The Morgan fingerprint density at radius 1 is 1.05 bits per heavy atom. The fraction of sp³-hybridized carbons (Fsp3) is 0.167. The van der Waals surface area contributed by atoms with Crippen LogP contribution in [0.4, 0.5) is 0 Å². The second-order valence-corrected chi connectivity index (χ2v) is 4.64. The van der Waals surface area contributed by atoms with Crippen molar-refractivity contribution in [3.8, 4) is 16.9 Å². The van der Waals surface area contributed by atoms with Crippen LogP contribution in [0.2, 0.25) is 0 Å². The van der Waals surface area contributed by atoms with E-state index in [9.17, 15) is 4.79 Å². The summed E-state index contributed by atoms with van der Waals surface area (Å²) in [5, 5.41) is 0. The summed E-state index contributed by atoms with van der Waals surface area (Å²) in [4.78, 5) is 11.5. The lowest BCUT2D eigenvalue weighted by Crippen LogP contribution is -2.21. The standard InChI is InChI=1S/C18H18O3/c1-13(18(19)20-3)14(2)21-17-12-8-7-11-16(17)15-9-5-4-6-10-15/h4-12,14H,1H2,2-3H3. The molecule has 0 radical (unpaired) electrons. The van der Waals surface area contributed by atoms with Gasteiger partial charge in [0.05, 0.1) is 12.7 Å². The highest BCUT2D eigenvalue weighted by Crippen LogP contribution is 2.30. The normalized spacial score (nSPS) is 11.5. The Labute approximate surface area is 124 Å². The van der Waals surface area contributed by atoms with Crippen LogP contribution in [0.25, 0.3) is 11.1 Å². The molecule has 1 atom stereocenters. The molecule has 0 amide bonds. The Hall–Kier alpha value is -2.55. The number of carbonyl (C=O) groups excluding carboxylic acids is 1. The zero-order chi connectivity index (χ0) is 15.2. The Morgan fingerprint density at radius 3 is 2.33 bits per heavy atom. The van der Waals surface area contributed by atoms with Gasteiger partial charge in [0, 0.05) is 5.56 Å². The van der Waals surface area contributed by atoms with Crippen molar-refractivity contribution in [3.63, 3.8) is 0 Å². The zero-order valence-corrected chi connectivity index (χ0v) is 12.2. The van der Waals surface area contributed by atoms with Gasteiger partial charge in [0.2, 0.25) is 0 Å². The average molecular weight is 282 g/mol. The summed E-state index contributed by atoms with van der Waals surface area (Å²) < 4.78 is 10.6. The van der Waals surface area contributed by atoms with Crippen molar-refractivity contribution >= 4 is 5.97 Å². The number of benzene rings is 2. The number of rotatable bonds is 5. The highest BCUT2D eigenvalue weighted by molar-refractivity contribution is 5.88. The second kappa shape index (κ2) is 6.75. The van der Waals surface area contributed by atoms with Gasteiger partial charge in [-0.3, -0.25) is 0 Å². The van der Waals surface area contributed by atoms with E-state index in [1.54, 1.807) is 6.92 Å². The lowest BCUT2D eigenvalue weighted by molar-refractivity contribution is -0.136. The van der Waals surface area contributed by atoms with Crippen LogP contribution in [0.3, 0.4) is 0 Å². The summed E-state index contributed by atoms with van der Waals surface area (Å²) in [7, 11) is 1.33. The number of carbonyl (C=O) groups is 1. The molecule has 108 valence electrons. The molecule has 0 spiro atoms. The molecule has 3 heteroatoms. The number of ether oxygens (including phenoxy) is 2. The summed E-state index contributed by atoms with van der Waals surface area (Å²) in [6, 6.07) is 17.7. The van der Waals surface area contributed by atoms with Gasteiger partial charge in [-0.1, -0.05) is 55.1 Å². The minimum absolute atomic E-state index is 0.292. The van der Waals surface area contributed by atoms with Gasteiger partial charge in [-0.05, 0) is 18.6 Å². The van der Waals surface area contributed by atoms with Crippen LogP contribution in [0.15, 0.2) is 66.7 Å². The first-order chi connectivity index (χ1) is 10.1. The first kappa shape index (κ1) is 14.9. The van der Waals surface area contributed by atoms with Gasteiger partial charge in [0.1, 0.15) is 11.9 Å². The van der Waals surface area contributed by atoms with Gasteiger partial charge in [-0.15, -0.1) is 0 Å². The van der Waals surface area contributed by atoms with Crippen LogP contribution in [0, 0.1) is 0 Å². The van der Waals surface area contributed by atoms with Gasteiger partial charge in [-0.2, -0.15) is 0 Å². The highest BCUT2D eigenvalue weighted by atomic mass is 16.5. The molecular formula is C18H18O3. The SMILES string of the molecule is C=C(C(=O)OC)C(C)Oc1ccccc1-c1ccccc1. The van der Waals surface area contributed by atoms with Crippen molar-refractivity contribution in [2.24, 2.45) is 0 Å². The van der Waals surface area contributed by atoms with Crippen molar-refractivity contribution in [2.75, 3.05) is 7.11 Å². The lowest BCUT2D eigenvalue weighted by Gasteiger charge is -2.18. The molecule has 0 bridgehead atoms. The number of hydrogen-bond acceptors (Lipinski definition) is 3. The van der Waals surface area contributed by atoms with Gasteiger partial charge in [0.15, 0.2) is 0 Å². The molecule has 2 aromatic rings. The molecule has 2 rings (SSSR count). The molecule has 0 aliphatic rings. The molecule has 2 aromatic carbocycles. The molecule has 0 aliphatic carbocycles. The van der Waals surface area contributed by atoms with Crippen molar-refractivity contribution in [1.29, 1.82) is 0 Å². The lowest BCUT2D eigenvalue weighted by atomic mass is 10.0. The maximum absolute atomic E-state index is 11.5. The number of para-hydroxylation sites is 1. The predicted octanol–water partition coefficient (Wildman–Crippen LogP) is 3.85. The van der Waals surface area contributed by atoms with Gasteiger partial charge < -0.3 is 9.47 Å². The summed E-state index contributed by atoms with van der Waals surface area (Å²) >= 11 is 0. The highest BCUT2D eigenvalue weighted by Gasteiger charge is 2.18. The first-order valence-electron chi connectivity index (χ1n) is 6.71. The Balaban J connectivity index is 2.26. The summed E-state index contributed by atoms with van der Waals surface area (Å²) in [5.41, 5.74) is 2.33. The van der Waals surface area contributed by atoms with E-state index in [2.05, 4.69) is 11.3 Å². The Bertz CT molecular complexity index is 632. The van der Waals surface area contributed by atoms with E-state index in [-0.39, 0.29) is 0 Å². The zero-order valence-electron chi connectivity index (χ0n) is 12.2. The number of methoxy groups -OCH3 is 1. The van der Waals surface area contributed by atoms with Crippen molar-refractivity contribution < 1.29 is 14.3 Å². The fourth-order valence-corrected chi connectivity index (χ4v) is 1.98. The van der Waals surface area contributed by atoms with E-state index < -0.39 is 12.1 Å². The van der Waals surface area contributed by atoms with E-state index >= 15 is 0 Å². The van der Waals surface area contributed by atoms with E-state index in [4.69, 9.17) is 4.74 Å². The molecule has 0 aliphatic heterocycles. The van der Waals surface area contributed by atoms with Crippen LogP contribution >= 0.6 is 0 Å². The van der Waals surface area contributed by atoms with Crippen LogP contribution in [0.5, 0.6) is 5.75 Å². The van der Waals surface area contributed by atoms with Crippen LogP contribution in [0.1, 0.15) is 6.92 Å². The Morgan fingerprint density at radius 2 is 1.67 bits per heavy atom. The van der Waals surface area contributed by atoms with Gasteiger partial charge >= 0.3 is 5.97 Å². The second-order valence-electron chi connectivity index (χ2n) is 4.64. The van der Waals surface area contributed by atoms with E-state index in [1.807, 2.05) is 54.6 Å². The first-order valence-corrected chi connectivity index (χ1v) is 6.71. The maximum Gasteiger partial charge on any atom is 0.336 e. The summed E-state index contributed by atoms with van der Waals surface area (Å²) in [6.45, 7) is 5.50. The third-order valence-electron chi connectivity index (χ3n) is 3.21. The summed E-state index contributed by atoms with van der Waals surface area (Å²) in [5.74, 6) is 0.251. The molecule has 0 saturated carbocycles. The van der Waals surface area contributed by atoms with Crippen LogP contribution < -0.4 is 4.74 Å². The molecule has 21 heavy (non-hydrogen) atoms. The number of esters is 1. The molecule has 0 heterocycles. The Kier molecular flexibility index (Phi) is 4.77. The predicted molar refractivity (Wildman–Crippen MR) is 83.1 cm³/mol. The minimum atomic E-state index is -0.459. The van der Waals surface area contributed by atoms with E-state index in [1.165, 1.54) is 7.11 Å². The smallest absolute Gasteiger partial charge is 0.336 e. The quantitative estimate of drug-likeness (QED) is 0.617. The molecule has 0 fully saturated rings. The van der Waals surface area contributed by atoms with Crippen molar-refractivity contribution in [2.45, 2.75) is 13.0 Å². The van der Waals surface area contributed by atoms with Crippen LogP contribution in [-0.2, 0) is 9.53 Å². The summed E-state index contributed by atoms with van der Waals surface area (Å²) in [6.07, 6.45) is -0.456. The monoisotopic (exact) mass is 282 g/mol. The third-order valence-corrected chi connectivity index (χ3v) is 3.21. The molecular weight excluding hydrogens is 264 g/mol. The van der Waals surface area contributed by atoms with E-state index in [0.717, 1.165) is 11.1 Å². The van der Waals surface area contributed by atoms with Gasteiger partial charge in [0.25, 0.3) is 0 Å². The molecule has 0 aromatic heterocycles. The minimum Gasteiger partial charge on any atom is -0.485 e.